The molecule has 214 valence electrons. The first-order valence-corrected chi connectivity index (χ1v) is 15.4. The van der Waals surface area contributed by atoms with Crippen LogP contribution in [0.5, 0.6) is 5.75 Å². The van der Waals surface area contributed by atoms with Crippen LogP contribution >= 0.6 is 23.2 Å². The molecule has 0 bridgehead atoms. The zero-order chi connectivity index (χ0) is 28.4. The highest BCUT2D eigenvalue weighted by atomic mass is 35.5. The third-order valence-electron chi connectivity index (χ3n) is 7.39. The van der Waals surface area contributed by atoms with E-state index in [-0.39, 0.29) is 16.6 Å². The maximum atomic E-state index is 13.0. The highest BCUT2D eigenvalue weighted by molar-refractivity contribution is 7.90. The molecule has 2 aliphatic heterocycles. The Hall–Kier alpha value is -2.99. The quantitative estimate of drug-likeness (QED) is 0.434. The van der Waals surface area contributed by atoms with Crippen molar-refractivity contribution in [3.8, 4) is 11.4 Å². The molecule has 0 unspecified atom stereocenters. The number of urea groups is 1. The van der Waals surface area contributed by atoms with Gasteiger partial charge >= 0.3 is 6.03 Å². The monoisotopic (exact) mass is 607 g/mol. The summed E-state index contributed by atoms with van der Waals surface area (Å²) in [5.41, 5.74) is 0.707. The van der Waals surface area contributed by atoms with Crippen LogP contribution in [0.4, 0.5) is 4.79 Å². The standard InChI is InChI=1S/C27H31Cl2N5O5S/c1-18-15-26(35)34(30-18)20-3-2-4-23(16-20)40(37,38)31-27(36)33-11-7-19(8-12-33)32-13-9-21(10-14-32)39-22-5-6-24(28)25(29)17-22/h2-6,15-17,19,21,30H,7-14H2,1H3,(H,31,36). The molecule has 10 nitrogen and oxygen atoms in total. The molecule has 0 spiro atoms. The predicted octanol–water partition coefficient (Wildman–Crippen LogP) is 4.19. The highest BCUT2D eigenvalue weighted by Crippen LogP contribution is 2.29. The van der Waals surface area contributed by atoms with E-state index in [1.807, 2.05) is 6.07 Å². The summed E-state index contributed by atoms with van der Waals surface area (Å²) in [4.78, 5) is 28.9. The summed E-state index contributed by atoms with van der Waals surface area (Å²) < 4.78 is 35.5. The topological polar surface area (TPSA) is 117 Å². The molecular weight excluding hydrogens is 577 g/mol. The van der Waals surface area contributed by atoms with Crippen molar-refractivity contribution >= 4 is 39.3 Å². The van der Waals surface area contributed by atoms with Crippen molar-refractivity contribution in [2.75, 3.05) is 26.2 Å². The molecule has 2 saturated heterocycles. The van der Waals surface area contributed by atoms with Crippen molar-refractivity contribution in [1.29, 1.82) is 0 Å². The number of likely N-dealkylation sites (tertiary alicyclic amines) is 2. The third kappa shape index (κ3) is 6.49. The fourth-order valence-corrected chi connectivity index (χ4v) is 6.57. The van der Waals surface area contributed by atoms with Crippen molar-refractivity contribution < 1.29 is 17.9 Å². The van der Waals surface area contributed by atoms with Gasteiger partial charge in [0.2, 0.25) is 0 Å². The summed E-state index contributed by atoms with van der Waals surface area (Å²) in [6, 6.07) is 12.3. The normalized spacial score (nSPS) is 17.6. The van der Waals surface area contributed by atoms with E-state index in [1.165, 1.54) is 33.8 Å². The smallest absolute Gasteiger partial charge is 0.331 e. The van der Waals surface area contributed by atoms with Gasteiger partial charge in [0.05, 0.1) is 20.6 Å². The number of piperidine rings is 2. The summed E-state index contributed by atoms with van der Waals surface area (Å²) in [6.45, 7) is 4.43. The summed E-state index contributed by atoms with van der Waals surface area (Å²) in [5.74, 6) is 0.710. The lowest BCUT2D eigenvalue weighted by molar-refractivity contribution is 0.0540. The molecule has 3 heterocycles. The Labute approximate surface area is 242 Å². The molecule has 2 aliphatic rings. The number of carbonyl (C=O) groups excluding carboxylic acids is 1. The average Bonchev–Trinajstić information content (AvgIpc) is 3.28. The Morgan fingerprint density at radius 3 is 2.35 bits per heavy atom. The average molecular weight is 609 g/mol. The zero-order valence-electron chi connectivity index (χ0n) is 22.0. The zero-order valence-corrected chi connectivity index (χ0v) is 24.3. The van der Waals surface area contributed by atoms with Crippen LogP contribution in [0.1, 0.15) is 31.4 Å². The minimum Gasteiger partial charge on any atom is -0.490 e. The number of hydrogen-bond acceptors (Lipinski definition) is 6. The lowest BCUT2D eigenvalue weighted by Gasteiger charge is -2.41. The first-order valence-electron chi connectivity index (χ1n) is 13.2. The Kier molecular flexibility index (Phi) is 8.46. The summed E-state index contributed by atoms with van der Waals surface area (Å²) in [5, 5.41) is 3.84. The van der Waals surface area contributed by atoms with Gasteiger partial charge in [-0.15, -0.1) is 0 Å². The lowest BCUT2D eigenvalue weighted by Crippen LogP contribution is -2.52. The Balaban J connectivity index is 1.11. The number of rotatable bonds is 6. The molecule has 40 heavy (non-hydrogen) atoms. The molecule has 5 rings (SSSR count). The second-order valence-corrected chi connectivity index (χ2v) is 12.7. The Morgan fingerprint density at radius 2 is 1.70 bits per heavy atom. The number of aromatic amines is 1. The maximum absolute atomic E-state index is 13.0. The van der Waals surface area contributed by atoms with E-state index in [2.05, 4.69) is 14.7 Å². The van der Waals surface area contributed by atoms with Gasteiger partial charge in [0.15, 0.2) is 0 Å². The van der Waals surface area contributed by atoms with Gasteiger partial charge in [0.25, 0.3) is 15.6 Å². The van der Waals surface area contributed by atoms with Crippen LogP contribution in [0.3, 0.4) is 0 Å². The molecule has 0 atom stereocenters. The Morgan fingerprint density at radius 1 is 0.975 bits per heavy atom. The second kappa shape index (κ2) is 11.9. The molecule has 3 aromatic rings. The van der Waals surface area contributed by atoms with Gasteiger partial charge in [0, 0.05) is 50.0 Å². The van der Waals surface area contributed by atoms with Crippen molar-refractivity contribution in [2.45, 2.75) is 49.6 Å². The van der Waals surface area contributed by atoms with Crippen molar-refractivity contribution in [1.82, 2.24) is 24.3 Å². The van der Waals surface area contributed by atoms with Gasteiger partial charge < -0.3 is 9.64 Å². The molecule has 0 radical (unpaired) electrons. The number of sulfonamides is 1. The SMILES string of the molecule is Cc1cc(=O)n(-c2cccc(S(=O)(=O)NC(=O)N3CCC(N4CCC(Oc5ccc(Cl)c(Cl)c5)CC4)CC3)c2)[nH]1. The van der Waals surface area contributed by atoms with Gasteiger partial charge in [-0.1, -0.05) is 29.3 Å². The number of ether oxygens (including phenoxy) is 1. The number of carbonyl (C=O) groups is 1. The lowest BCUT2D eigenvalue weighted by atomic mass is 9.99. The van der Waals surface area contributed by atoms with Gasteiger partial charge in [-0.3, -0.25) is 14.8 Å². The number of nitrogens with zero attached hydrogens (tertiary/aromatic N) is 3. The summed E-state index contributed by atoms with van der Waals surface area (Å²) in [7, 11) is -4.13. The van der Waals surface area contributed by atoms with Crippen LogP contribution in [0.15, 0.2) is 58.2 Å². The first-order chi connectivity index (χ1) is 19.1. The van der Waals surface area contributed by atoms with Crippen molar-refractivity contribution in [2.24, 2.45) is 0 Å². The number of hydrogen-bond donors (Lipinski definition) is 2. The number of aromatic nitrogens is 2. The number of nitrogens with one attached hydrogen (secondary N) is 2. The molecule has 1 aromatic heterocycles. The van der Waals surface area contributed by atoms with E-state index in [0.29, 0.717) is 46.3 Å². The molecule has 0 aliphatic carbocycles. The van der Waals surface area contributed by atoms with Gasteiger partial charge in [-0.25, -0.2) is 22.6 Å². The highest BCUT2D eigenvalue weighted by Gasteiger charge is 2.31. The van der Waals surface area contributed by atoms with Gasteiger partial charge in [0.1, 0.15) is 11.9 Å². The minimum atomic E-state index is -4.13. The largest absolute Gasteiger partial charge is 0.490 e. The van der Waals surface area contributed by atoms with Crippen LogP contribution in [0.25, 0.3) is 5.69 Å². The molecule has 2 aromatic carbocycles. The number of amides is 2. The first kappa shape index (κ1) is 28.5. The third-order valence-corrected chi connectivity index (χ3v) is 9.45. The summed E-state index contributed by atoms with van der Waals surface area (Å²) in [6.07, 6.45) is 3.38. The van der Waals surface area contributed by atoms with Crippen LogP contribution in [-0.2, 0) is 10.0 Å². The van der Waals surface area contributed by atoms with Crippen LogP contribution in [0, 0.1) is 6.92 Å². The van der Waals surface area contributed by atoms with Crippen LogP contribution in [-0.4, -0.2) is 72.4 Å². The second-order valence-electron chi connectivity index (χ2n) is 10.2. The summed E-state index contributed by atoms with van der Waals surface area (Å²) >= 11 is 12.1. The molecule has 2 amide bonds. The number of aryl methyl sites for hydroxylation is 1. The predicted molar refractivity (Wildman–Crippen MR) is 153 cm³/mol. The van der Waals surface area contributed by atoms with Crippen molar-refractivity contribution in [3.63, 3.8) is 0 Å². The maximum Gasteiger partial charge on any atom is 0.331 e. The van der Waals surface area contributed by atoms with E-state index in [1.54, 1.807) is 25.1 Å². The molecular formula is C27H31Cl2N5O5S. The van der Waals surface area contributed by atoms with Crippen LogP contribution < -0.4 is 15.0 Å². The van der Waals surface area contributed by atoms with E-state index >= 15 is 0 Å². The number of benzene rings is 2. The fraction of sp³-hybridized carbons (Fsp3) is 0.407. The fourth-order valence-electron chi connectivity index (χ4n) is 5.27. The van der Waals surface area contributed by atoms with Gasteiger partial charge in [-0.05, 0) is 62.9 Å². The van der Waals surface area contributed by atoms with E-state index in [0.717, 1.165) is 38.8 Å². The van der Waals surface area contributed by atoms with E-state index in [9.17, 15) is 18.0 Å². The van der Waals surface area contributed by atoms with E-state index < -0.39 is 16.1 Å². The van der Waals surface area contributed by atoms with Crippen LogP contribution in [0.2, 0.25) is 10.0 Å². The Bertz CT molecular complexity index is 1540. The van der Waals surface area contributed by atoms with E-state index in [4.69, 9.17) is 27.9 Å². The van der Waals surface area contributed by atoms with Gasteiger partial charge in [-0.2, -0.15) is 0 Å². The molecule has 2 fully saturated rings. The number of halogens is 2. The number of H-pyrrole nitrogens is 1. The molecule has 2 N–H and O–H groups in total. The molecule has 0 saturated carbocycles. The minimum absolute atomic E-state index is 0.0987. The van der Waals surface area contributed by atoms with Crippen molar-refractivity contribution in [3.05, 3.63) is 74.6 Å². The molecule has 13 heteroatoms.